The third-order valence-electron chi connectivity index (χ3n) is 5.27. The molecular weight excluding hydrogens is 356 g/mol. The second-order valence-corrected chi connectivity index (χ2v) is 10.4. The maximum atomic E-state index is 5.45. The monoisotopic (exact) mass is 402 g/mol. The molecule has 0 N–H and O–H groups in total. The van der Waals surface area contributed by atoms with Crippen molar-refractivity contribution in [1.29, 1.82) is 0 Å². The van der Waals surface area contributed by atoms with Crippen LogP contribution in [0.3, 0.4) is 0 Å². The highest BCUT2D eigenvalue weighted by molar-refractivity contribution is 6.60. The Balaban J connectivity index is 0. The lowest BCUT2D eigenvalue weighted by molar-refractivity contribution is 0.122. The molecule has 0 saturated carbocycles. The molecule has 0 aliphatic rings. The molecule has 5 heteroatoms. The fourth-order valence-corrected chi connectivity index (χ4v) is 5.24. The summed E-state index contributed by atoms with van der Waals surface area (Å²) < 4.78 is 16.4. The van der Waals surface area contributed by atoms with Gasteiger partial charge in [0.05, 0.1) is 0 Å². The first kappa shape index (κ1) is 28.5. The van der Waals surface area contributed by atoms with Crippen LogP contribution in [-0.4, -0.2) is 41.1 Å². The number of unbranched alkanes of at least 4 members (excludes halogenated alkanes) is 15. The van der Waals surface area contributed by atoms with Gasteiger partial charge in [-0.15, -0.1) is 0 Å². The molecule has 0 aliphatic carbocycles. The van der Waals surface area contributed by atoms with Crippen LogP contribution in [0.15, 0.2) is 0 Å². The van der Waals surface area contributed by atoms with Crippen molar-refractivity contribution in [2.75, 3.05) is 21.3 Å². The van der Waals surface area contributed by atoms with Gasteiger partial charge < -0.3 is 13.3 Å². The van der Waals surface area contributed by atoms with Gasteiger partial charge in [-0.05, 0) is 6.42 Å². The van der Waals surface area contributed by atoms with E-state index in [9.17, 15) is 0 Å². The second kappa shape index (κ2) is 21.6. The molecule has 0 fully saturated rings. The van der Waals surface area contributed by atoms with Gasteiger partial charge in [0.2, 0.25) is 0 Å². The molecule has 3 nitrogen and oxygen atoms in total. The van der Waals surface area contributed by atoms with Crippen molar-refractivity contribution in [1.82, 2.24) is 0 Å². The summed E-state index contributed by atoms with van der Waals surface area (Å²) in [5.41, 5.74) is 0. The molecule has 26 heavy (non-hydrogen) atoms. The fourth-order valence-electron chi connectivity index (χ4n) is 3.45. The molecule has 0 amide bonds. The summed E-state index contributed by atoms with van der Waals surface area (Å²) in [5.74, 6) is 0. The molecule has 4 radical (unpaired) electrons. The number of hydrogen-bond donors (Lipinski definition) is 0. The van der Waals surface area contributed by atoms with Crippen LogP contribution in [0, 0.1) is 0 Å². The predicted octanol–water partition coefficient (Wildman–Crippen LogP) is 6.75. The van der Waals surface area contributed by atoms with Crippen LogP contribution in [0.1, 0.15) is 110 Å². The van der Waals surface area contributed by atoms with Gasteiger partial charge in [-0.25, -0.2) is 0 Å². The van der Waals surface area contributed by atoms with E-state index >= 15 is 0 Å². The van der Waals surface area contributed by atoms with Gasteiger partial charge in [-0.2, -0.15) is 0 Å². The highest BCUT2D eigenvalue weighted by atomic mass is 28.4. The highest BCUT2D eigenvalue weighted by Gasteiger charge is 2.36. The predicted molar refractivity (Wildman–Crippen MR) is 117 cm³/mol. The Labute approximate surface area is 170 Å². The van der Waals surface area contributed by atoms with Crippen molar-refractivity contribution in [2.45, 2.75) is 116 Å². The molecule has 156 valence electrons. The summed E-state index contributed by atoms with van der Waals surface area (Å²) >= 11 is 0. The molecule has 0 rings (SSSR count). The maximum absolute atomic E-state index is 5.45. The Bertz CT molecular complexity index is 253. The van der Waals surface area contributed by atoms with Crippen LogP contribution in [0.25, 0.3) is 0 Å². The largest absolute Gasteiger partial charge is 0.500 e. The van der Waals surface area contributed by atoms with Crippen molar-refractivity contribution >= 4 is 19.8 Å². The Morgan fingerprint density at radius 1 is 0.462 bits per heavy atom. The molecule has 0 aliphatic heterocycles. The smallest absolute Gasteiger partial charge is 0.377 e. The summed E-state index contributed by atoms with van der Waals surface area (Å²) in [6, 6.07) is 0.939. The first-order valence-corrected chi connectivity index (χ1v) is 12.8. The minimum atomic E-state index is -2.32. The summed E-state index contributed by atoms with van der Waals surface area (Å²) in [6.07, 6.45) is 22.3. The summed E-state index contributed by atoms with van der Waals surface area (Å²) in [5, 5.41) is 0. The van der Waals surface area contributed by atoms with E-state index in [-0.39, 0.29) is 11.0 Å². The van der Waals surface area contributed by atoms with Crippen molar-refractivity contribution in [3.05, 3.63) is 0 Å². The Morgan fingerprint density at radius 2 is 0.731 bits per heavy atom. The molecule has 0 atom stereocenters. The third kappa shape index (κ3) is 16.5. The molecule has 0 aromatic heterocycles. The third-order valence-corrected chi connectivity index (χ3v) is 8.10. The second-order valence-electron chi connectivity index (χ2n) is 7.35. The van der Waals surface area contributed by atoms with Crippen molar-refractivity contribution in [3.63, 3.8) is 0 Å². The van der Waals surface area contributed by atoms with Crippen LogP contribution >= 0.6 is 0 Å². The molecular formula is C21H46O3Si2. The van der Waals surface area contributed by atoms with E-state index < -0.39 is 8.80 Å². The van der Waals surface area contributed by atoms with E-state index in [0.717, 1.165) is 12.5 Å². The molecule has 0 spiro atoms. The molecule has 0 aromatic rings. The molecule has 0 heterocycles. The van der Waals surface area contributed by atoms with Gasteiger partial charge in [0.25, 0.3) is 0 Å². The molecule has 0 saturated heterocycles. The van der Waals surface area contributed by atoms with Crippen LogP contribution in [-0.2, 0) is 13.3 Å². The van der Waals surface area contributed by atoms with Gasteiger partial charge in [0.15, 0.2) is 0 Å². The average molecular weight is 403 g/mol. The van der Waals surface area contributed by atoms with E-state index in [4.69, 9.17) is 13.3 Å². The maximum Gasteiger partial charge on any atom is 0.500 e. The molecule has 0 bridgehead atoms. The average Bonchev–Trinajstić information content (AvgIpc) is 2.65. The van der Waals surface area contributed by atoms with Gasteiger partial charge >= 0.3 is 8.80 Å². The van der Waals surface area contributed by atoms with E-state index in [2.05, 4.69) is 6.92 Å². The van der Waals surface area contributed by atoms with E-state index in [1.807, 2.05) is 0 Å². The van der Waals surface area contributed by atoms with Gasteiger partial charge in [-0.1, -0.05) is 103 Å². The van der Waals surface area contributed by atoms with Gasteiger partial charge in [-0.3, -0.25) is 0 Å². The lowest BCUT2D eigenvalue weighted by Crippen LogP contribution is -2.42. The normalized spacial score (nSPS) is 11.5. The first-order chi connectivity index (χ1) is 12.2. The number of rotatable bonds is 20. The van der Waals surface area contributed by atoms with Crippen LogP contribution < -0.4 is 0 Å². The van der Waals surface area contributed by atoms with Crippen molar-refractivity contribution in [3.8, 4) is 0 Å². The lowest BCUT2D eigenvalue weighted by Gasteiger charge is -2.24. The zero-order valence-corrected chi connectivity index (χ0v) is 20.2. The van der Waals surface area contributed by atoms with Crippen molar-refractivity contribution < 1.29 is 13.3 Å². The SMILES string of the molecule is CCCCCCCCCCCCCCCCCC[Si](OC)(OC)OC.[Si]. The summed E-state index contributed by atoms with van der Waals surface area (Å²) in [4.78, 5) is 0. The van der Waals surface area contributed by atoms with E-state index in [0.29, 0.717) is 0 Å². The number of hydrogen-bond acceptors (Lipinski definition) is 3. The van der Waals surface area contributed by atoms with E-state index in [1.54, 1.807) is 21.3 Å². The van der Waals surface area contributed by atoms with Crippen LogP contribution in [0.4, 0.5) is 0 Å². The van der Waals surface area contributed by atoms with Gasteiger partial charge in [0, 0.05) is 38.3 Å². The summed E-state index contributed by atoms with van der Waals surface area (Å²) in [6.45, 7) is 2.29. The fraction of sp³-hybridized carbons (Fsp3) is 1.00. The zero-order valence-electron chi connectivity index (χ0n) is 18.2. The van der Waals surface area contributed by atoms with Gasteiger partial charge in [0.1, 0.15) is 0 Å². The molecule has 0 unspecified atom stereocenters. The zero-order chi connectivity index (χ0) is 18.6. The minimum Gasteiger partial charge on any atom is -0.377 e. The summed E-state index contributed by atoms with van der Waals surface area (Å²) in [7, 11) is 2.78. The highest BCUT2D eigenvalue weighted by Crippen LogP contribution is 2.18. The minimum absolute atomic E-state index is 0. The lowest BCUT2D eigenvalue weighted by atomic mass is 10.0. The van der Waals surface area contributed by atoms with Crippen LogP contribution in [0.5, 0.6) is 0 Å². The van der Waals surface area contributed by atoms with Crippen LogP contribution in [0.2, 0.25) is 6.04 Å². The Kier molecular flexibility index (Phi) is 23.7. The Morgan fingerprint density at radius 3 is 1.00 bits per heavy atom. The quantitative estimate of drug-likeness (QED) is 0.166. The molecule has 0 aromatic carbocycles. The Hall–Kier alpha value is 0.314. The standard InChI is InChI=1S/C21H46O3Si.Si/c1-5-6-7-8-9-10-11-12-13-14-15-16-17-18-19-20-21-25(22-2,23-3)24-4;/h5-21H2,1-4H3;. The van der Waals surface area contributed by atoms with E-state index in [1.165, 1.54) is 96.3 Å². The van der Waals surface area contributed by atoms with Crippen molar-refractivity contribution in [2.24, 2.45) is 0 Å². The topological polar surface area (TPSA) is 27.7 Å². The first-order valence-electron chi connectivity index (χ1n) is 10.9.